The molecule has 0 aliphatic heterocycles. The number of carbonyl (C=O) groups excluding carboxylic acids is 3. The lowest BCUT2D eigenvalue weighted by molar-refractivity contribution is -0.124. The number of aryl methyl sites for hydroxylation is 1. The van der Waals surface area contributed by atoms with Gasteiger partial charge in [0.1, 0.15) is 0 Å². The fourth-order valence-electron chi connectivity index (χ4n) is 2.16. The maximum atomic E-state index is 12.2. The molecule has 0 atom stereocenters. The number of benzene rings is 2. The van der Waals surface area contributed by atoms with Gasteiger partial charge in [-0.25, -0.2) is 0 Å². The van der Waals surface area contributed by atoms with E-state index in [1.54, 1.807) is 24.3 Å². The van der Waals surface area contributed by atoms with Gasteiger partial charge in [0.15, 0.2) is 5.11 Å². The Bertz CT molecular complexity index is 1000. The van der Waals surface area contributed by atoms with Crippen LogP contribution in [-0.4, -0.2) is 22.8 Å². The van der Waals surface area contributed by atoms with Gasteiger partial charge in [0.25, 0.3) is 5.91 Å². The molecule has 0 aliphatic carbocycles. The van der Waals surface area contributed by atoms with Gasteiger partial charge in [-0.3, -0.25) is 30.6 Å². The predicted molar refractivity (Wildman–Crippen MR) is 130 cm³/mol. The molecule has 0 saturated carbocycles. The fourth-order valence-corrected chi connectivity index (χ4v) is 3.27. The average Bonchev–Trinajstić information content (AvgIpc) is 2.69. The molecule has 0 heterocycles. The van der Waals surface area contributed by atoms with Crippen molar-refractivity contribution in [2.24, 2.45) is 0 Å². The van der Waals surface area contributed by atoms with E-state index in [9.17, 15) is 14.4 Å². The van der Waals surface area contributed by atoms with Crippen LogP contribution in [0.25, 0.3) is 0 Å². The van der Waals surface area contributed by atoms with Gasteiger partial charge in [-0.15, -0.1) is 0 Å². The van der Waals surface area contributed by atoms with Crippen molar-refractivity contribution in [1.82, 2.24) is 16.2 Å². The van der Waals surface area contributed by atoms with Crippen molar-refractivity contribution in [3.8, 4) is 0 Å². The number of halogens is 3. The first-order valence-electron chi connectivity index (χ1n) is 8.57. The molecular weight excluding hydrogens is 562 g/mol. The van der Waals surface area contributed by atoms with Crippen molar-refractivity contribution in [2.45, 2.75) is 19.8 Å². The Morgan fingerprint density at radius 3 is 2.37 bits per heavy atom. The normalized spacial score (nSPS) is 10.1. The van der Waals surface area contributed by atoms with Gasteiger partial charge in [-0.1, -0.05) is 29.3 Å². The van der Waals surface area contributed by atoms with Crippen LogP contribution in [-0.2, 0) is 9.59 Å². The molecular formula is C19H17Cl2IN4O3S. The van der Waals surface area contributed by atoms with Crippen molar-refractivity contribution >= 4 is 86.5 Å². The third-order valence-corrected chi connectivity index (χ3v) is 5.68. The molecule has 0 aromatic heterocycles. The number of hydrogen-bond acceptors (Lipinski definition) is 4. The zero-order valence-electron chi connectivity index (χ0n) is 15.6. The lowest BCUT2D eigenvalue weighted by atomic mass is 10.1. The van der Waals surface area contributed by atoms with E-state index in [1.165, 1.54) is 6.07 Å². The molecule has 0 aliphatic rings. The number of rotatable bonds is 5. The van der Waals surface area contributed by atoms with E-state index in [4.69, 9.17) is 35.4 Å². The number of nitrogens with one attached hydrogen (secondary N) is 4. The van der Waals surface area contributed by atoms with Crippen molar-refractivity contribution < 1.29 is 14.4 Å². The number of hydrogen-bond donors (Lipinski definition) is 4. The highest BCUT2D eigenvalue weighted by atomic mass is 127. The Morgan fingerprint density at radius 1 is 1.00 bits per heavy atom. The third-order valence-electron chi connectivity index (χ3n) is 3.76. The van der Waals surface area contributed by atoms with Crippen molar-refractivity contribution in [2.75, 3.05) is 5.32 Å². The summed E-state index contributed by atoms with van der Waals surface area (Å²) >= 11 is 18.9. The lowest BCUT2D eigenvalue weighted by Crippen LogP contribution is -2.48. The summed E-state index contributed by atoms with van der Waals surface area (Å²) in [7, 11) is 0. The molecule has 11 heteroatoms. The van der Waals surface area contributed by atoms with Gasteiger partial charge in [-0.2, -0.15) is 0 Å². The summed E-state index contributed by atoms with van der Waals surface area (Å²) in [6.07, 6.45) is -0.176. The molecule has 30 heavy (non-hydrogen) atoms. The van der Waals surface area contributed by atoms with Crippen LogP contribution in [0.15, 0.2) is 36.4 Å². The van der Waals surface area contributed by atoms with E-state index in [2.05, 4.69) is 44.1 Å². The van der Waals surface area contributed by atoms with Gasteiger partial charge in [-0.05, 0) is 77.6 Å². The molecule has 2 aromatic carbocycles. The summed E-state index contributed by atoms with van der Waals surface area (Å²) in [5.74, 6) is -1.27. The fraction of sp³-hybridized carbons (Fsp3) is 0.158. The maximum absolute atomic E-state index is 12.2. The molecule has 158 valence electrons. The van der Waals surface area contributed by atoms with Crippen LogP contribution in [0.5, 0.6) is 0 Å². The van der Waals surface area contributed by atoms with Gasteiger partial charge in [0, 0.05) is 27.0 Å². The molecule has 2 rings (SSSR count). The maximum Gasteiger partial charge on any atom is 0.257 e. The molecule has 4 N–H and O–H groups in total. The van der Waals surface area contributed by atoms with Crippen LogP contribution < -0.4 is 21.5 Å². The second-order valence-electron chi connectivity index (χ2n) is 6.09. The Balaban J connectivity index is 1.73. The van der Waals surface area contributed by atoms with Gasteiger partial charge >= 0.3 is 0 Å². The minimum Gasteiger partial charge on any atom is -0.325 e. The second kappa shape index (κ2) is 11.4. The van der Waals surface area contributed by atoms with E-state index in [0.29, 0.717) is 21.3 Å². The summed E-state index contributed by atoms with van der Waals surface area (Å²) < 4.78 is 0.950. The Morgan fingerprint density at radius 2 is 1.70 bits per heavy atom. The molecule has 0 saturated heterocycles. The van der Waals surface area contributed by atoms with Crippen LogP contribution >= 0.6 is 58.0 Å². The van der Waals surface area contributed by atoms with Crippen LogP contribution in [0.1, 0.15) is 28.8 Å². The number of thiocarbonyl (C=S) groups is 1. The molecule has 0 bridgehead atoms. The lowest BCUT2D eigenvalue weighted by Gasteiger charge is -2.11. The number of amides is 3. The quantitative estimate of drug-likeness (QED) is 0.244. The minimum absolute atomic E-state index is 0.0682. The number of anilines is 1. The zero-order valence-corrected chi connectivity index (χ0v) is 20.1. The smallest absolute Gasteiger partial charge is 0.257 e. The average molecular weight is 579 g/mol. The largest absolute Gasteiger partial charge is 0.325 e. The highest BCUT2D eigenvalue weighted by molar-refractivity contribution is 14.1. The van der Waals surface area contributed by atoms with E-state index in [0.717, 1.165) is 9.13 Å². The number of hydrazine groups is 1. The molecule has 7 nitrogen and oxygen atoms in total. The van der Waals surface area contributed by atoms with E-state index in [-0.39, 0.29) is 23.9 Å². The molecule has 2 aromatic rings. The monoisotopic (exact) mass is 578 g/mol. The highest BCUT2D eigenvalue weighted by Crippen LogP contribution is 2.25. The van der Waals surface area contributed by atoms with Gasteiger partial charge < -0.3 is 5.32 Å². The van der Waals surface area contributed by atoms with Crippen LogP contribution in [0.3, 0.4) is 0 Å². The predicted octanol–water partition coefficient (Wildman–Crippen LogP) is 3.96. The number of carbonyl (C=O) groups is 3. The SMILES string of the molecule is Cc1ccc(C(=O)NC(=S)NNC(=O)CCC(=O)Nc2ccc(Cl)cc2Cl)cc1I. The molecule has 3 amide bonds. The van der Waals surface area contributed by atoms with E-state index >= 15 is 0 Å². The summed E-state index contributed by atoms with van der Waals surface area (Å²) in [6.45, 7) is 1.94. The van der Waals surface area contributed by atoms with Crippen molar-refractivity contribution in [1.29, 1.82) is 0 Å². The third kappa shape index (κ3) is 7.71. The Hall–Kier alpha value is -1.95. The molecule has 0 fully saturated rings. The van der Waals surface area contributed by atoms with Crippen LogP contribution in [0, 0.1) is 10.5 Å². The van der Waals surface area contributed by atoms with Crippen molar-refractivity contribution in [3.05, 3.63) is 61.1 Å². The Kier molecular flexibility index (Phi) is 9.28. The first-order chi connectivity index (χ1) is 14.2. The topological polar surface area (TPSA) is 99.3 Å². The summed E-state index contributed by atoms with van der Waals surface area (Å²) in [6, 6.07) is 9.91. The second-order valence-corrected chi connectivity index (χ2v) is 8.51. The summed E-state index contributed by atoms with van der Waals surface area (Å²) in [4.78, 5) is 36.0. The molecule has 0 spiro atoms. The zero-order chi connectivity index (χ0) is 22.3. The van der Waals surface area contributed by atoms with Crippen LogP contribution in [0.4, 0.5) is 5.69 Å². The van der Waals surface area contributed by atoms with Gasteiger partial charge in [0.2, 0.25) is 11.8 Å². The Labute approximate surface area is 202 Å². The first-order valence-corrected chi connectivity index (χ1v) is 10.8. The molecule has 0 radical (unpaired) electrons. The van der Waals surface area contributed by atoms with E-state index in [1.807, 2.05) is 13.0 Å². The van der Waals surface area contributed by atoms with Crippen molar-refractivity contribution in [3.63, 3.8) is 0 Å². The van der Waals surface area contributed by atoms with Gasteiger partial charge in [0.05, 0.1) is 10.7 Å². The summed E-state index contributed by atoms with van der Waals surface area (Å²) in [5.41, 5.74) is 6.66. The minimum atomic E-state index is -0.478. The first kappa shape index (κ1) is 24.3. The molecule has 0 unspecified atom stereocenters. The summed E-state index contributed by atoms with van der Waals surface area (Å²) in [5, 5.41) is 5.74. The highest BCUT2D eigenvalue weighted by Gasteiger charge is 2.12. The van der Waals surface area contributed by atoms with Crippen LogP contribution in [0.2, 0.25) is 10.0 Å². The van der Waals surface area contributed by atoms with E-state index < -0.39 is 11.8 Å². The standard InChI is InChI=1S/C19H17Cl2IN4O3S/c1-10-2-3-11(8-14(10)22)18(29)24-19(30)26-25-17(28)7-6-16(27)23-15-5-4-12(20)9-13(15)21/h2-5,8-9H,6-7H2,1H3,(H,23,27)(H,25,28)(H2,24,26,29,30).